The zero-order valence-electron chi connectivity index (χ0n) is 12.3. The predicted octanol–water partition coefficient (Wildman–Crippen LogP) is 3.47. The molecule has 3 rings (SSSR count). The summed E-state index contributed by atoms with van der Waals surface area (Å²) in [5.41, 5.74) is 2.80. The molecule has 21 heavy (non-hydrogen) atoms. The Morgan fingerprint density at radius 3 is 1.90 bits per heavy atom. The van der Waals surface area contributed by atoms with Crippen molar-refractivity contribution in [1.82, 2.24) is 4.90 Å². The van der Waals surface area contributed by atoms with E-state index in [9.17, 15) is 0 Å². The summed E-state index contributed by atoms with van der Waals surface area (Å²) >= 11 is 0. The Morgan fingerprint density at radius 2 is 1.29 bits per heavy atom. The minimum absolute atomic E-state index is 0. The molecular formula is C18H23ClN2. The second-order valence-corrected chi connectivity index (χ2v) is 5.40. The summed E-state index contributed by atoms with van der Waals surface area (Å²) in [7, 11) is 0. The first kappa shape index (κ1) is 15.9. The molecule has 1 heterocycles. The van der Waals surface area contributed by atoms with Crippen molar-refractivity contribution in [1.29, 1.82) is 0 Å². The van der Waals surface area contributed by atoms with Gasteiger partial charge in [0.2, 0.25) is 0 Å². The number of halogens is 1. The van der Waals surface area contributed by atoms with Crippen LogP contribution in [0.3, 0.4) is 0 Å². The van der Waals surface area contributed by atoms with Gasteiger partial charge in [0.25, 0.3) is 0 Å². The van der Waals surface area contributed by atoms with Crippen molar-refractivity contribution in [2.24, 2.45) is 0 Å². The van der Waals surface area contributed by atoms with E-state index < -0.39 is 0 Å². The third-order valence-electron chi connectivity index (χ3n) is 4.05. The molecule has 2 aromatic carbocycles. The molecule has 1 fully saturated rings. The maximum absolute atomic E-state index is 2.58. The molecule has 0 aliphatic carbocycles. The van der Waals surface area contributed by atoms with E-state index in [1.807, 2.05) is 0 Å². The molecule has 1 saturated heterocycles. The second kappa shape index (κ2) is 8.06. The average molecular weight is 303 g/mol. The van der Waals surface area contributed by atoms with E-state index in [0.29, 0.717) is 0 Å². The van der Waals surface area contributed by atoms with Gasteiger partial charge in [-0.15, -0.1) is 12.4 Å². The first-order valence-electron chi connectivity index (χ1n) is 7.48. The van der Waals surface area contributed by atoms with Crippen LogP contribution in [0.4, 0.5) is 5.69 Å². The van der Waals surface area contributed by atoms with Gasteiger partial charge in [-0.2, -0.15) is 0 Å². The number of rotatable bonds is 4. The minimum atomic E-state index is 0. The van der Waals surface area contributed by atoms with Gasteiger partial charge in [-0.25, -0.2) is 0 Å². The lowest BCUT2D eigenvalue weighted by atomic mass is 10.1. The topological polar surface area (TPSA) is 6.48 Å². The fraction of sp³-hybridized carbons (Fsp3) is 0.333. The van der Waals surface area contributed by atoms with Crippen molar-refractivity contribution in [2.75, 3.05) is 37.6 Å². The van der Waals surface area contributed by atoms with Crippen molar-refractivity contribution >= 4 is 18.1 Å². The number of hydrogen-bond donors (Lipinski definition) is 0. The third kappa shape index (κ3) is 4.48. The Hall–Kier alpha value is -1.51. The normalized spacial score (nSPS) is 15.5. The van der Waals surface area contributed by atoms with Crippen LogP contribution in [0.2, 0.25) is 0 Å². The second-order valence-electron chi connectivity index (χ2n) is 5.40. The molecule has 0 radical (unpaired) electrons. The van der Waals surface area contributed by atoms with Crippen molar-refractivity contribution in [2.45, 2.75) is 6.42 Å². The monoisotopic (exact) mass is 302 g/mol. The van der Waals surface area contributed by atoms with Gasteiger partial charge in [0.15, 0.2) is 0 Å². The zero-order chi connectivity index (χ0) is 13.6. The van der Waals surface area contributed by atoms with E-state index >= 15 is 0 Å². The smallest absolute Gasteiger partial charge is 0.0367 e. The van der Waals surface area contributed by atoms with Crippen LogP contribution in [-0.2, 0) is 6.42 Å². The molecule has 0 aromatic heterocycles. The summed E-state index contributed by atoms with van der Waals surface area (Å²) in [5, 5.41) is 0. The van der Waals surface area contributed by atoms with Crippen molar-refractivity contribution in [3.63, 3.8) is 0 Å². The average Bonchev–Trinajstić information content (AvgIpc) is 2.55. The molecule has 0 unspecified atom stereocenters. The van der Waals surface area contributed by atoms with Crippen LogP contribution in [0.15, 0.2) is 60.7 Å². The Balaban J connectivity index is 0.00000161. The highest BCUT2D eigenvalue weighted by Crippen LogP contribution is 2.15. The number of anilines is 1. The molecule has 0 spiro atoms. The third-order valence-corrected chi connectivity index (χ3v) is 4.05. The highest BCUT2D eigenvalue weighted by molar-refractivity contribution is 5.85. The zero-order valence-corrected chi connectivity index (χ0v) is 13.1. The predicted molar refractivity (Wildman–Crippen MR) is 92.5 cm³/mol. The Bertz CT molecular complexity index is 507. The molecule has 0 amide bonds. The van der Waals surface area contributed by atoms with E-state index in [1.165, 1.54) is 30.9 Å². The number of piperazine rings is 1. The van der Waals surface area contributed by atoms with Gasteiger partial charge in [-0.3, -0.25) is 4.90 Å². The van der Waals surface area contributed by atoms with Crippen LogP contribution >= 0.6 is 12.4 Å². The molecule has 1 aliphatic heterocycles. The van der Waals surface area contributed by atoms with Gasteiger partial charge < -0.3 is 4.90 Å². The van der Waals surface area contributed by atoms with Gasteiger partial charge in [-0.1, -0.05) is 48.5 Å². The van der Waals surface area contributed by atoms with Crippen LogP contribution in [0, 0.1) is 0 Å². The van der Waals surface area contributed by atoms with Crippen LogP contribution in [0.5, 0.6) is 0 Å². The number of benzene rings is 2. The summed E-state index contributed by atoms with van der Waals surface area (Å²) in [6, 6.07) is 21.5. The Labute approximate surface area is 133 Å². The Kier molecular flexibility index (Phi) is 6.09. The SMILES string of the molecule is Cl.c1ccc(CCN2CCN(c3ccccc3)CC2)cc1. The van der Waals surface area contributed by atoms with Crippen LogP contribution in [0.1, 0.15) is 5.56 Å². The number of nitrogens with zero attached hydrogens (tertiary/aromatic N) is 2. The lowest BCUT2D eigenvalue weighted by molar-refractivity contribution is 0.261. The van der Waals surface area contributed by atoms with Crippen molar-refractivity contribution in [3.8, 4) is 0 Å². The molecule has 2 nitrogen and oxygen atoms in total. The summed E-state index contributed by atoms with van der Waals surface area (Å²) in [5.74, 6) is 0. The molecule has 0 atom stereocenters. The first-order valence-corrected chi connectivity index (χ1v) is 7.48. The molecule has 0 bridgehead atoms. The quantitative estimate of drug-likeness (QED) is 0.853. The fourth-order valence-corrected chi connectivity index (χ4v) is 2.80. The maximum atomic E-state index is 2.58. The maximum Gasteiger partial charge on any atom is 0.0367 e. The fourth-order valence-electron chi connectivity index (χ4n) is 2.80. The standard InChI is InChI=1S/C18H22N2.ClH/c1-3-7-17(8-4-1)11-12-19-13-15-20(16-14-19)18-9-5-2-6-10-18;/h1-10H,11-16H2;1H. The van der Waals surface area contributed by atoms with Gasteiger partial charge in [0, 0.05) is 38.4 Å². The molecular weight excluding hydrogens is 280 g/mol. The lowest BCUT2D eigenvalue weighted by Crippen LogP contribution is -2.46. The summed E-state index contributed by atoms with van der Waals surface area (Å²) < 4.78 is 0. The van der Waals surface area contributed by atoms with Crippen LogP contribution < -0.4 is 4.90 Å². The molecule has 2 aromatic rings. The Morgan fingerprint density at radius 1 is 0.714 bits per heavy atom. The van der Waals surface area contributed by atoms with E-state index in [0.717, 1.165) is 19.5 Å². The minimum Gasteiger partial charge on any atom is -0.369 e. The van der Waals surface area contributed by atoms with E-state index in [1.54, 1.807) is 0 Å². The van der Waals surface area contributed by atoms with E-state index in [-0.39, 0.29) is 12.4 Å². The van der Waals surface area contributed by atoms with Gasteiger partial charge >= 0.3 is 0 Å². The summed E-state index contributed by atoms with van der Waals surface area (Å²) in [6.07, 6.45) is 1.16. The van der Waals surface area contributed by atoms with Crippen LogP contribution in [0.25, 0.3) is 0 Å². The first-order chi connectivity index (χ1) is 9.92. The number of para-hydroxylation sites is 1. The molecule has 0 saturated carbocycles. The molecule has 1 aliphatic rings. The highest BCUT2D eigenvalue weighted by Gasteiger charge is 2.16. The van der Waals surface area contributed by atoms with Gasteiger partial charge in [-0.05, 0) is 24.1 Å². The molecule has 3 heteroatoms. The van der Waals surface area contributed by atoms with Gasteiger partial charge in [0.1, 0.15) is 0 Å². The van der Waals surface area contributed by atoms with Crippen molar-refractivity contribution in [3.05, 3.63) is 66.2 Å². The highest BCUT2D eigenvalue weighted by atomic mass is 35.5. The summed E-state index contributed by atoms with van der Waals surface area (Å²) in [6.45, 7) is 5.79. The van der Waals surface area contributed by atoms with Crippen molar-refractivity contribution < 1.29 is 0 Å². The number of hydrogen-bond acceptors (Lipinski definition) is 2. The lowest BCUT2D eigenvalue weighted by Gasteiger charge is -2.36. The molecule has 0 N–H and O–H groups in total. The molecule has 112 valence electrons. The van der Waals surface area contributed by atoms with Crippen LogP contribution in [-0.4, -0.2) is 37.6 Å². The largest absolute Gasteiger partial charge is 0.369 e. The van der Waals surface area contributed by atoms with Gasteiger partial charge in [0.05, 0.1) is 0 Å². The van der Waals surface area contributed by atoms with E-state index in [2.05, 4.69) is 70.5 Å². The summed E-state index contributed by atoms with van der Waals surface area (Å²) in [4.78, 5) is 5.06. The van der Waals surface area contributed by atoms with E-state index in [4.69, 9.17) is 0 Å².